The minimum absolute atomic E-state index is 0.0957. The normalized spacial score (nSPS) is 33.0. The van der Waals surface area contributed by atoms with Crippen LogP contribution < -0.4 is 0 Å². The average Bonchev–Trinajstić information content (AvgIpc) is 2.26. The molecule has 0 aromatic heterocycles. The maximum Gasteiger partial charge on any atom is 0.100 e. The molecule has 1 fully saturated rings. The Bertz CT molecular complexity index is 195. The van der Waals surface area contributed by atoms with Gasteiger partial charge in [0.2, 0.25) is 0 Å². The van der Waals surface area contributed by atoms with Crippen LogP contribution in [0, 0.1) is 11.8 Å². The van der Waals surface area contributed by atoms with Gasteiger partial charge >= 0.3 is 0 Å². The summed E-state index contributed by atoms with van der Waals surface area (Å²) in [6, 6.07) is 0. The minimum Gasteiger partial charge on any atom is -0.394 e. The fraction of sp³-hybridized carbons (Fsp3) is 1.00. The monoisotopic (exact) mass is 230 g/mol. The second kappa shape index (κ2) is 5.99. The highest BCUT2D eigenvalue weighted by Gasteiger charge is 2.33. The summed E-state index contributed by atoms with van der Waals surface area (Å²) < 4.78 is 5.74. The third-order valence-electron chi connectivity index (χ3n) is 3.87. The summed E-state index contributed by atoms with van der Waals surface area (Å²) in [6.07, 6.45) is 3.81. The van der Waals surface area contributed by atoms with E-state index < -0.39 is 6.10 Å². The molecule has 16 heavy (non-hydrogen) atoms. The minimum atomic E-state index is -0.736. The Hall–Kier alpha value is -0.120. The molecule has 1 aliphatic rings. The molecule has 0 bridgehead atoms. The zero-order valence-corrected chi connectivity index (χ0v) is 10.8. The van der Waals surface area contributed by atoms with Crippen molar-refractivity contribution < 1.29 is 14.9 Å². The fourth-order valence-electron chi connectivity index (χ4n) is 2.41. The first-order valence-electron chi connectivity index (χ1n) is 6.40. The first-order valence-corrected chi connectivity index (χ1v) is 6.40. The van der Waals surface area contributed by atoms with E-state index in [1.54, 1.807) is 0 Å². The molecule has 0 aromatic carbocycles. The predicted molar refractivity (Wildman–Crippen MR) is 64.2 cm³/mol. The summed E-state index contributed by atoms with van der Waals surface area (Å²) in [6.45, 7) is 6.71. The molecule has 3 heteroatoms. The van der Waals surface area contributed by atoms with Crippen LogP contribution >= 0.6 is 0 Å². The zero-order valence-electron chi connectivity index (χ0n) is 10.8. The van der Waals surface area contributed by atoms with Crippen LogP contribution in [0.2, 0.25) is 0 Å². The first kappa shape index (κ1) is 13.9. The number of hydrogen-bond donors (Lipinski definition) is 2. The topological polar surface area (TPSA) is 49.7 Å². The lowest BCUT2D eigenvalue weighted by atomic mass is 9.75. The van der Waals surface area contributed by atoms with Crippen molar-refractivity contribution in [3.8, 4) is 0 Å². The standard InChI is InChI=1S/C13H26O3/c1-10(2)11-4-6-13(3,7-5-11)16-9-12(15)8-14/h10-12,14-15H,4-9H2,1-3H3. The number of aliphatic hydroxyl groups excluding tert-OH is 2. The number of aliphatic hydroxyl groups is 2. The maximum absolute atomic E-state index is 9.27. The molecule has 0 amide bonds. The molecule has 0 heterocycles. The van der Waals surface area contributed by atoms with Gasteiger partial charge in [-0.05, 0) is 44.4 Å². The molecule has 1 aliphatic carbocycles. The van der Waals surface area contributed by atoms with Crippen molar-refractivity contribution in [1.82, 2.24) is 0 Å². The smallest absolute Gasteiger partial charge is 0.100 e. The third kappa shape index (κ3) is 4.04. The molecule has 0 saturated heterocycles. The van der Waals surface area contributed by atoms with Gasteiger partial charge in [-0.3, -0.25) is 0 Å². The molecule has 0 aliphatic heterocycles. The average molecular weight is 230 g/mol. The summed E-state index contributed by atoms with van der Waals surface area (Å²) in [4.78, 5) is 0. The highest BCUT2D eigenvalue weighted by molar-refractivity contribution is 4.84. The molecule has 0 aromatic rings. The summed E-state index contributed by atoms with van der Waals surface area (Å²) in [5.74, 6) is 1.58. The van der Waals surface area contributed by atoms with Gasteiger partial charge in [0.05, 0.1) is 18.8 Å². The molecule has 0 spiro atoms. The van der Waals surface area contributed by atoms with E-state index in [0.29, 0.717) is 0 Å². The maximum atomic E-state index is 9.27. The van der Waals surface area contributed by atoms with Gasteiger partial charge in [0.15, 0.2) is 0 Å². The van der Waals surface area contributed by atoms with Gasteiger partial charge in [-0.1, -0.05) is 13.8 Å². The van der Waals surface area contributed by atoms with Crippen LogP contribution in [0.4, 0.5) is 0 Å². The SMILES string of the molecule is CC(C)C1CCC(C)(OCC(O)CO)CC1. The molecule has 0 radical (unpaired) electrons. The fourth-order valence-corrected chi connectivity index (χ4v) is 2.41. The van der Waals surface area contributed by atoms with Crippen LogP contribution in [0.25, 0.3) is 0 Å². The van der Waals surface area contributed by atoms with E-state index in [-0.39, 0.29) is 18.8 Å². The van der Waals surface area contributed by atoms with Crippen LogP contribution in [0.15, 0.2) is 0 Å². The number of rotatable bonds is 5. The van der Waals surface area contributed by atoms with E-state index in [4.69, 9.17) is 9.84 Å². The van der Waals surface area contributed by atoms with Crippen LogP contribution in [0.1, 0.15) is 46.5 Å². The van der Waals surface area contributed by atoms with Crippen LogP contribution in [-0.2, 0) is 4.74 Å². The Balaban J connectivity index is 2.32. The lowest BCUT2D eigenvalue weighted by molar-refractivity contribution is -0.103. The second-order valence-corrected chi connectivity index (χ2v) is 5.68. The molecule has 2 N–H and O–H groups in total. The van der Waals surface area contributed by atoms with Gasteiger partial charge in [0.25, 0.3) is 0 Å². The van der Waals surface area contributed by atoms with Gasteiger partial charge in [0, 0.05) is 0 Å². The van der Waals surface area contributed by atoms with Crippen LogP contribution in [0.3, 0.4) is 0 Å². The molecular formula is C13H26O3. The molecule has 3 nitrogen and oxygen atoms in total. The van der Waals surface area contributed by atoms with Gasteiger partial charge < -0.3 is 14.9 Å². The zero-order chi connectivity index (χ0) is 12.2. The van der Waals surface area contributed by atoms with Crippen molar-refractivity contribution in [2.75, 3.05) is 13.2 Å². The molecule has 1 atom stereocenters. The molecule has 96 valence electrons. The Morgan fingerprint density at radius 3 is 2.31 bits per heavy atom. The van der Waals surface area contributed by atoms with Gasteiger partial charge in [-0.2, -0.15) is 0 Å². The van der Waals surface area contributed by atoms with E-state index in [1.807, 2.05) is 0 Å². The van der Waals surface area contributed by atoms with Crippen LogP contribution in [-0.4, -0.2) is 35.1 Å². The van der Waals surface area contributed by atoms with E-state index in [1.165, 1.54) is 12.8 Å². The van der Waals surface area contributed by atoms with E-state index in [0.717, 1.165) is 24.7 Å². The summed E-state index contributed by atoms with van der Waals surface area (Å²) in [5, 5.41) is 18.0. The summed E-state index contributed by atoms with van der Waals surface area (Å²) in [7, 11) is 0. The summed E-state index contributed by atoms with van der Waals surface area (Å²) >= 11 is 0. The number of hydrogen-bond acceptors (Lipinski definition) is 3. The van der Waals surface area contributed by atoms with Crippen molar-refractivity contribution in [2.45, 2.75) is 58.2 Å². The van der Waals surface area contributed by atoms with Crippen molar-refractivity contribution in [3.05, 3.63) is 0 Å². The third-order valence-corrected chi connectivity index (χ3v) is 3.87. The second-order valence-electron chi connectivity index (χ2n) is 5.68. The van der Waals surface area contributed by atoms with E-state index >= 15 is 0 Å². The molecule has 1 saturated carbocycles. The van der Waals surface area contributed by atoms with E-state index in [9.17, 15) is 5.11 Å². The first-order chi connectivity index (χ1) is 7.47. The molecule has 1 unspecified atom stereocenters. The Kier molecular flexibility index (Phi) is 5.22. The van der Waals surface area contributed by atoms with Crippen molar-refractivity contribution in [3.63, 3.8) is 0 Å². The lowest BCUT2D eigenvalue weighted by Gasteiger charge is -2.39. The van der Waals surface area contributed by atoms with Crippen molar-refractivity contribution in [2.24, 2.45) is 11.8 Å². The van der Waals surface area contributed by atoms with Gasteiger partial charge in [-0.25, -0.2) is 0 Å². The molecule has 1 rings (SSSR count). The van der Waals surface area contributed by atoms with Gasteiger partial charge in [-0.15, -0.1) is 0 Å². The summed E-state index contributed by atoms with van der Waals surface area (Å²) in [5.41, 5.74) is -0.0957. The van der Waals surface area contributed by atoms with Crippen LogP contribution in [0.5, 0.6) is 0 Å². The highest BCUT2D eigenvalue weighted by Crippen LogP contribution is 2.37. The van der Waals surface area contributed by atoms with Crippen molar-refractivity contribution >= 4 is 0 Å². The predicted octanol–water partition coefficient (Wildman–Crippen LogP) is 1.96. The van der Waals surface area contributed by atoms with Crippen molar-refractivity contribution in [1.29, 1.82) is 0 Å². The lowest BCUT2D eigenvalue weighted by Crippen LogP contribution is -2.38. The Labute approximate surface area is 98.8 Å². The van der Waals surface area contributed by atoms with Gasteiger partial charge in [0.1, 0.15) is 6.10 Å². The largest absolute Gasteiger partial charge is 0.394 e. The molecular weight excluding hydrogens is 204 g/mol. The highest BCUT2D eigenvalue weighted by atomic mass is 16.5. The Morgan fingerprint density at radius 2 is 1.88 bits per heavy atom. The van der Waals surface area contributed by atoms with E-state index in [2.05, 4.69) is 20.8 Å². The quantitative estimate of drug-likeness (QED) is 0.759. The number of ether oxygens (including phenoxy) is 1. The Morgan fingerprint density at radius 1 is 1.31 bits per heavy atom.